The molecule has 2 aromatic heterocycles. The van der Waals surface area contributed by atoms with Crippen LogP contribution in [0, 0.1) is 6.92 Å². The Labute approximate surface area is 115 Å². The standard InChI is InChI=1S/C13H10F3N3O2/c1-6-9(5-20)17-11-12(21)18-8-4-7(13(14,15)16)2-3-10(8)19(6)11/h2-4,20H,5H2,1H3,(H,18,21). The van der Waals surface area contributed by atoms with Crippen molar-refractivity contribution in [2.24, 2.45) is 0 Å². The largest absolute Gasteiger partial charge is 0.416 e. The number of aromatic amines is 1. The first-order chi connectivity index (χ1) is 9.82. The van der Waals surface area contributed by atoms with Gasteiger partial charge in [-0.15, -0.1) is 0 Å². The van der Waals surface area contributed by atoms with Gasteiger partial charge in [-0.05, 0) is 25.1 Å². The molecule has 0 amide bonds. The maximum atomic E-state index is 12.7. The Hall–Kier alpha value is -2.35. The summed E-state index contributed by atoms with van der Waals surface area (Å²) in [6.45, 7) is 1.29. The van der Waals surface area contributed by atoms with Gasteiger partial charge in [0.05, 0.1) is 28.9 Å². The molecule has 5 nitrogen and oxygen atoms in total. The number of nitrogens with zero attached hydrogens (tertiary/aromatic N) is 2. The summed E-state index contributed by atoms with van der Waals surface area (Å²) in [7, 11) is 0. The van der Waals surface area contributed by atoms with Gasteiger partial charge < -0.3 is 10.1 Å². The predicted molar refractivity (Wildman–Crippen MR) is 69.0 cm³/mol. The van der Waals surface area contributed by atoms with E-state index < -0.39 is 17.3 Å². The lowest BCUT2D eigenvalue weighted by molar-refractivity contribution is -0.137. The van der Waals surface area contributed by atoms with Crippen LogP contribution in [0.25, 0.3) is 16.7 Å². The first-order valence-corrected chi connectivity index (χ1v) is 6.05. The number of H-pyrrole nitrogens is 1. The zero-order chi connectivity index (χ0) is 15.4. The number of benzene rings is 1. The maximum absolute atomic E-state index is 12.7. The highest BCUT2D eigenvalue weighted by Crippen LogP contribution is 2.31. The monoisotopic (exact) mass is 297 g/mol. The van der Waals surface area contributed by atoms with Gasteiger partial charge in [0.2, 0.25) is 5.65 Å². The molecular weight excluding hydrogens is 287 g/mol. The minimum atomic E-state index is -4.49. The summed E-state index contributed by atoms with van der Waals surface area (Å²) in [5, 5.41) is 9.20. The van der Waals surface area contributed by atoms with Gasteiger partial charge in [0.25, 0.3) is 5.56 Å². The molecule has 0 atom stereocenters. The SMILES string of the molecule is Cc1c(CO)nc2c(=O)[nH]c3cc(C(F)(F)F)ccc3n12. The third-order valence-corrected chi connectivity index (χ3v) is 3.37. The van der Waals surface area contributed by atoms with Crippen molar-refractivity contribution in [1.82, 2.24) is 14.4 Å². The van der Waals surface area contributed by atoms with Crippen LogP contribution in [0.5, 0.6) is 0 Å². The van der Waals surface area contributed by atoms with Crippen LogP contribution in [0.15, 0.2) is 23.0 Å². The summed E-state index contributed by atoms with van der Waals surface area (Å²) in [6.07, 6.45) is -4.49. The molecule has 110 valence electrons. The van der Waals surface area contributed by atoms with Crippen molar-refractivity contribution < 1.29 is 18.3 Å². The molecule has 21 heavy (non-hydrogen) atoms. The third-order valence-electron chi connectivity index (χ3n) is 3.37. The number of imidazole rings is 1. The molecule has 0 saturated heterocycles. The van der Waals surface area contributed by atoms with Crippen molar-refractivity contribution >= 4 is 16.7 Å². The molecule has 3 aromatic rings. The van der Waals surface area contributed by atoms with Crippen molar-refractivity contribution in [3.8, 4) is 0 Å². The van der Waals surface area contributed by atoms with E-state index in [4.69, 9.17) is 0 Å². The molecule has 0 bridgehead atoms. The highest BCUT2D eigenvalue weighted by molar-refractivity contribution is 5.78. The van der Waals surface area contributed by atoms with E-state index in [9.17, 15) is 23.1 Å². The summed E-state index contributed by atoms with van der Waals surface area (Å²) >= 11 is 0. The molecule has 2 heterocycles. The van der Waals surface area contributed by atoms with Crippen molar-refractivity contribution in [3.63, 3.8) is 0 Å². The van der Waals surface area contributed by atoms with Crippen molar-refractivity contribution in [1.29, 1.82) is 0 Å². The van der Waals surface area contributed by atoms with E-state index in [1.54, 1.807) is 6.92 Å². The van der Waals surface area contributed by atoms with Crippen molar-refractivity contribution in [2.45, 2.75) is 19.7 Å². The molecule has 0 aliphatic carbocycles. The number of aliphatic hydroxyl groups is 1. The van der Waals surface area contributed by atoms with Crippen molar-refractivity contribution in [3.05, 3.63) is 45.5 Å². The molecule has 0 aliphatic heterocycles. The van der Waals surface area contributed by atoms with Gasteiger partial charge >= 0.3 is 6.18 Å². The normalized spacial score (nSPS) is 12.4. The average Bonchev–Trinajstić information content (AvgIpc) is 2.75. The van der Waals surface area contributed by atoms with Gasteiger partial charge in [0, 0.05) is 5.69 Å². The smallest absolute Gasteiger partial charge is 0.390 e. The molecule has 3 rings (SSSR count). The summed E-state index contributed by atoms with van der Waals surface area (Å²) in [5.74, 6) is 0. The highest BCUT2D eigenvalue weighted by Gasteiger charge is 2.30. The van der Waals surface area contributed by atoms with Gasteiger partial charge in [0.1, 0.15) is 0 Å². The maximum Gasteiger partial charge on any atom is 0.416 e. The lowest BCUT2D eigenvalue weighted by Crippen LogP contribution is -2.12. The first kappa shape index (κ1) is 13.6. The Kier molecular flexibility index (Phi) is 2.80. The number of hydrogen-bond donors (Lipinski definition) is 2. The van der Waals surface area contributed by atoms with Crippen LogP contribution < -0.4 is 5.56 Å². The lowest BCUT2D eigenvalue weighted by Gasteiger charge is -2.09. The zero-order valence-electron chi connectivity index (χ0n) is 10.8. The van der Waals surface area contributed by atoms with Gasteiger partial charge in [0.15, 0.2) is 0 Å². The second-order valence-electron chi connectivity index (χ2n) is 4.64. The van der Waals surface area contributed by atoms with Crippen LogP contribution in [-0.2, 0) is 12.8 Å². The highest BCUT2D eigenvalue weighted by atomic mass is 19.4. The fourth-order valence-electron chi connectivity index (χ4n) is 2.33. The van der Waals surface area contributed by atoms with Crippen LogP contribution in [0.3, 0.4) is 0 Å². The molecule has 8 heteroatoms. The molecule has 1 aromatic carbocycles. The fourth-order valence-corrected chi connectivity index (χ4v) is 2.33. The molecule has 2 N–H and O–H groups in total. The quantitative estimate of drug-likeness (QED) is 0.721. The van der Waals surface area contributed by atoms with Crippen LogP contribution >= 0.6 is 0 Å². The molecule has 0 spiro atoms. The predicted octanol–water partition coefficient (Wildman–Crippen LogP) is 2.00. The van der Waals surface area contributed by atoms with Gasteiger partial charge in [-0.25, -0.2) is 4.98 Å². The second-order valence-corrected chi connectivity index (χ2v) is 4.64. The molecule has 0 unspecified atom stereocenters. The molecular formula is C13H10F3N3O2. The number of hydrogen-bond acceptors (Lipinski definition) is 3. The van der Waals surface area contributed by atoms with Crippen LogP contribution in [0.2, 0.25) is 0 Å². The lowest BCUT2D eigenvalue weighted by atomic mass is 10.2. The van der Waals surface area contributed by atoms with Gasteiger partial charge in [-0.3, -0.25) is 9.20 Å². The van der Waals surface area contributed by atoms with Gasteiger partial charge in [-0.1, -0.05) is 0 Å². The van der Waals surface area contributed by atoms with E-state index >= 15 is 0 Å². The topological polar surface area (TPSA) is 70.4 Å². The van der Waals surface area contributed by atoms with E-state index in [0.29, 0.717) is 16.9 Å². The number of fused-ring (bicyclic) bond motifs is 3. The Bertz CT molecular complexity index is 909. The van der Waals surface area contributed by atoms with Crippen molar-refractivity contribution in [2.75, 3.05) is 0 Å². The van der Waals surface area contributed by atoms with Crippen LogP contribution in [0.4, 0.5) is 13.2 Å². The van der Waals surface area contributed by atoms with E-state index in [-0.39, 0.29) is 17.8 Å². The Balaban J connectivity index is 2.45. The number of aromatic nitrogens is 3. The number of halogens is 3. The van der Waals surface area contributed by atoms with Crippen LogP contribution in [0.1, 0.15) is 17.0 Å². The summed E-state index contributed by atoms with van der Waals surface area (Å²) < 4.78 is 39.6. The molecule has 0 saturated carbocycles. The minimum Gasteiger partial charge on any atom is -0.390 e. The summed E-state index contributed by atoms with van der Waals surface area (Å²) in [6, 6.07) is 3.10. The number of aliphatic hydroxyl groups excluding tert-OH is 1. The molecule has 0 aliphatic rings. The average molecular weight is 297 g/mol. The van der Waals surface area contributed by atoms with E-state index in [2.05, 4.69) is 9.97 Å². The molecule has 0 fully saturated rings. The zero-order valence-corrected chi connectivity index (χ0v) is 10.8. The summed E-state index contributed by atoms with van der Waals surface area (Å²) in [5.41, 5.74) is -0.121. The Morgan fingerprint density at radius 1 is 1.38 bits per heavy atom. The fraction of sp³-hybridized carbons (Fsp3) is 0.231. The van der Waals surface area contributed by atoms with E-state index in [1.165, 1.54) is 10.5 Å². The van der Waals surface area contributed by atoms with Crippen LogP contribution in [-0.4, -0.2) is 19.5 Å². The number of nitrogens with one attached hydrogen (secondary N) is 1. The van der Waals surface area contributed by atoms with Gasteiger partial charge in [-0.2, -0.15) is 13.2 Å². The number of rotatable bonds is 1. The molecule has 0 radical (unpaired) electrons. The number of alkyl halides is 3. The minimum absolute atomic E-state index is 0.0452. The first-order valence-electron chi connectivity index (χ1n) is 6.05. The van der Waals surface area contributed by atoms with E-state index in [1.807, 2.05) is 0 Å². The Morgan fingerprint density at radius 2 is 2.10 bits per heavy atom. The van der Waals surface area contributed by atoms with E-state index in [0.717, 1.165) is 12.1 Å². The number of aryl methyl sites for hydroxylation is 1. The summed E-state index contributed by atoms with van der Waals surface area (Å²) in [4.78, 5) is 18.3. The Morgan fingerprint density at radius 3 is 2.71 bits per heavy atom. The second kappa shape index (κ2) is 4.32. The third kappa shape index (κ3) is 1.99.